The first-order chi connectivity index (χ1) is 5.70. The van der Waals surface area contributed by atoms with E-state index < -0.39 is 12.0 Å². The number of hydrogen-bond acceptors (Lipinski definition) is 3. The lowest BCUT2D eigenvalue weighted by molar-refractivity contribution is -0.139. The van der Waals surface area contributed by atoms with Gasteiger partial charge >= 0.3 is 5.97 Å². The maximum absolute atomic E-state index is 10.4. The Hall–Kier alpha value is -0.610. The van der Waals surface area contributed by atoms with E-state index in [0.29, 0.717) is 12.3 Å². The van der Waals surface area contributed by atoms with Gasteiger partial charge < -0.3 is 16.2 Å². The van der Waals surface area contributed by atoms with Crippen LogP contribution in [0.5, 0.6) is 0 Å². The fraction of sp³-hybridized carbons (Fsp3) is 0.875. The van der Waals surface area contributed by atoms with Crippen molar-refractivity contribution in [2.75, 3.05) is 13.1 Å². The molecule has 0 bridgehead atoms. The Balaban J connectivity index is 2.24. The molecule has 1 fully saturated rings. The molecule has 0 unspecified atom stereocenters. The van der Waals surface area contributed by atoms with Crippen molar-refractivity contribution < 1.29 is 9.90 Å². The Morgan fingerprint density at radius 3 is 2.67 bits per heavy atom. The Kier molecular flexibility index (Phi) is 3.49. The molecule has 0 spiro atoms. The third-order valence-electron chi connectivity index (χ3n) is 2.36. The Morgan fingerprint density at radius 1 is 1.58 bits per heavy atom. The van der Waals surface area contributed by atoms with Gasteiger partial charge in [-0.15, -0.1) is 0 Å². The molecule has 0 aromatic heterocycles. The van der Waals surface area contributed by atoms with Gasteiger partial charge in [-0.1, -0.05) is 0 Å². The van der Waals surface area contributed by atoms with E-state index in [9.17, 15) is 4.79 Å². The lowest BCUT2D eigenvalue weighted by Gasteiger charge is -2.23. The van der Waals surface area contributed by atoms with Gasteiger partial charge in [0.1, 0.15) is 6.04 Å². The van der Waals surface area contributed by atoms with Crippen LogP contribution in [0.25, 0.3) is 0 Å². The molecular weight excluding hydrogens is 156 g/mol. The van der Waals surface area contributed by atoms with Crippen molar-refractivity contribution in [3.63, 3.8) is 0 Å². The average Bonchev–Trinajstić information content (AvgIpc) is 2.06. The standard InChI is InChI=1S/C8H16N2O2/c9-7(8(11)12)5-6-1-3-10-4-2-6/h6-7,10H,1-5,9H2,(H,11,12)/t7-/m1/s1. The SMILES string of the molecule is N[C@H](CC1CCNCC1)C(=O)O. The van der Waals surface area contributed by atoms with E-state index in [2.05, 4.69) is 5.32 Å². The number of nitrogens with two attached hydrogens (primary N) is 1. The summed E-state index contributed by atoms with van der Waals surface area (Å²) >= 11 is 0. The molecule has 1 atom stereocenters. The molecule has 0 aromatic carbocycles. The Bertz CT molecular complexity index is 155. The summed E-state index contributed by atoms with van der Waals surface area (Å²) in [6.45, 7) is 1.99. The molecule has 70 valence electrons. The molecule has 1 rings (SSSR count). The zero-order valence-corrected chi connectivity index (χ0v) is 7.12. The van der Waals surface area contributed by atoms with E-state index in [0.717, 1.165) is 25.9 Å². The Morgan fingerprint density at radius 2 is 2.17 bits per heavy atom. The van der Waals surface area contributed by atoms with Crippen molar-refractivity contribution in [1.29, 1.82) is 0 Å². The first kappa shape index (κ1) is 9.48. The fourth-order valence-electron chi connectivity index (χ4n) is 1.58. The highest BCUT2D eigenvalue weighted by Crippen LogP contribution is 2.16. The Labute approximate surface area is 72.1 Å². The average molecular weight is 172 g/mol. The van der Waals surface area contributed by atoms with Gasteiger partial charge in [-0.05, 0) is 38.3 Å². The van der Waals surface area contributed by atoms with E-state index in [1.54, 1.807) is 0 Å². The number of nitrogens with one attached hydrogen (secondary N) is 1. The van der Waals surface area contributed by atoms with Crippen LogP contribution >= 0.6 is 0 Å². The predicted molar refractivity (Wildman–Crippen MR) is 45.8 cm³/mol. The second-order valence-corrected chi connectivity index (χ2v) is 3.37. The summed E-state index contributed by atoms with van der Waals surface area (Å²) in [5.41, 5.74) is 5.43. The van der Waals surface area contributed by atoms with Crippen LogP contribution in [0, 0.1) is 5.92 Å². The van der Waals surface area contributed by atoms with Crippen molar-refractivity contribution in [2.24, 2.45) is 11.7 Å². The van der Waals surface area contributed by atoms with Crippen LogP contribution in [0.2, 0.25) is 0 Å². The summed E-state index contributed by atoms with van der Waals surface area (Å²) in [4.78, 5) is 10.4. The van der Waals surface area contributed by atoms with E-state index in [-0.39, 0.29) is 0 Å². The molecule has 0 saturated carbocycles. The molecular formula is C8H16N2O2. The fourth-order valence-corrected chi connectivity index (χ4v) is 1.58. The minimum atomic E-state index is -0.881. The molecule has 4 N–H and O–H groups in total. The summed E-state index contributed by atoms with van der Waals surface area (Å²) in [6.07, 6.45) is 2.74. The molecule has 0 radical (unpaired) electrons. The van der Waals surface area contributed by atoms with Crippen LogP contribution in [0.1, 0.15) is 19.3 Å². The molecule has 0 aliphatic carbocycles. The second-order valence-electron chi connectivity index (χ2n) is 3.37. The molecule has 0 aromatic rings. The normalized spacial score (nSPS) is 22.1. The van der Waals surface area contributed by atoms with Gasteiger partial charge in [-0.25, -0.2) is 0 Å². The van der Waals surface area contributed by atoms with Crippen LogP contribution in [-0.4, -0.2) is 30.2 Å². The van der Waals surface area contributed by atoms with Crippen LogP contribution < -0.4 is 11.1 Å². The highest BCUT2D eigenvalue weighted by atomic mass is 16.4. The number of hydrogen-bond donors (Lipinski definition) is 3. The number of aliphatic carboxylic acids is 1. The zero-order chi connectivity index (χ0) is 8.97. The molecule has 1 aliphatic heterocycles. The highest BCUT2D eigenvalue weighted by molar-refractivity contribution is 5.73. The van der Waals surface area contributed by atoms with Crippen LogP contribution in [0.15, 0.2) is 0 Å². The number of carboxylic acids is 1. The van der Waals surface area contributed by atoms with E-state index in [1.165, 1.54) is 0 Å². The molecule has 0 amide bonds. The number of rotatable bonds is 3. The molecule has 4 heteroatoms. The van der Waals surface area contributed by atoms with Crippen molar-refractivity contribution in [1.82, 2.24) is 5.32 Å². The maximum Gasteiger partial charge on any atom is 0.320 e. The zero-order valence-electron chi connectivity index (χ0n) is 7.12. The van der Waals surface area contributed by atoms with Gasteiger partial charge in [-0.3, -0.25) is 4.79 Å². The van der Waals surface area contributed by atoms with Crippen molar-refractivity contribution >= 4 is 5.97 Å². The van der Waals surface area contributed by atoms with E-state index in [1.807, 2.05) is 0 Å². The first-order valence-electron chi connectivity index (χ1n) is 4.39. The lowest BCUT2D eigenvalue weighted by atomic mass is 9.91. The number of carboxylic acid groups (broad SMARTS) is 1. The van der Waals surface area contributed by atoms with Gasteiger partial charge in [0.2, 0.25) is 0 Å². The molecule has 12 heavy (non-hydrogen) atoms. The number of piperidine rings is 1. The third-order valence-corrected chi connectivity index (χ3v) is 2.36. The minimum Gasteiger partial charge on any atom is -0.480 e. The first-order valence-corrected chi connectivity index (χ1v) is 4.39. The van der Waals surface area contributed by atoms with Gasteiger partial charge in [-0.2, -0.15) is 0 Å². The monoisotopic (exact) mass is 172 g/mol. The predicted octanol–water partition coefficient (Wildman–Crippen LogP) is -0.212. The number of carbonyl (C=O) groups is 1. The summed E-state index contributed by atoms with van der Waals surface area (Å²) in [5, 5.41) is 11.8. The highest BCUT2D eigenvalue weighted by Gasteiger charge is 2.19. The quantitative estimate of drug-likeness (QED) is 0.550. The third kappa shape index (κ3) is 2.79. The lowest BCUT2D eigenvalue weighted by Crippen LogP contribution is -2.36. The second kappa shape index (κ2) is 4.42. The van der Waals surface area contributed by atoms with Crippen molar-refractivity contribution in [2.45, 2.75) is 25.3 Å². The van der Waals surface area contributed by atoms with E-state index >= 15 is 0 Å². The van der Waals surface area contributed by atoms with Gasteiger partial charge in [0.15, 0.2) is 0 Å². The van der Waals surface area contributed by atoms with Crippen LogP contribution in [-0.2, 0) is 4.79 Å². The molecule has 1 saturated heterocycles. The summed E-state index contributed by atoms with van der Waals surface area (Å²) in [7, 11) is 0. The topological polar surface area (TPSA) is 75.3 Å². The van der Waals surface area contributed by atoms with Gasteiger partial charge in [0, 0.05) is 0 Å². The van der Waals surface area contributed by atoms with Crippen LogP contribution in [0.4, 0.5) is 0 Å². The smallest absolute Gasteiger partial charge is 0.320 e. The largest absolute Gasteiger partial charge is 0.480 e. The minimum absolute atomic E-state index is 0.498. The van der Waals surface area contributed by atoms with E-state index in [4.69, 9.17) is 10.8 Å². The maximum atomic E-state index is 10.4. The molecule has 4 nitrogen and oxygen atoms in total. The summed E-state index contributed by atoms with van der Waals surface area (Å²) in [6, 6.07) is -0.673. The van der Waals surface area contributed by atoms with Gasteiger partial charge in [0.25, 0.3) is 0 Å². The van der Waals surface area contributed by atoms with Crippen molar-refractivity contribution in [3.05, 3.63) is 0 Å². The van der Waals surface area contributed by atoms with Crippen LogP contribution in [0.3, 0.4) is 0 Å². The van der Waals surface area contributed by atoms with Crippen molar-refractivity contribution in [3.8, 4) is 0 Å². The molecule has 1 aliphatic rings. The molecule has 1 heterocycles. The summed E-state index contributed by atoms with van der Waals surface area (Å²) < 4.78 is 0. The van der Waals surface area contributed by atoms with Gasteiger partial charge in [0.05, 0.1) is 0 Å². The summed E-state index contributed by atoms with van der Waals surface area (Å²) in [5.74, 6) is -0.383.